The highest BCUT2D eigenvalue weighted by molar-refractivity contribution is 6.33. The van der Waals surface area contributed by atoms with Crippen molar-refractivity contribution < 1.29 is 14.0 Å². The summed E-state index contributed by atoms with van der Waals surface area (Å²) in [7, 11) is 1.49. The van der Waals surface area contributed by atoms with Crippen LogP contribution in [0.15, 0.2) is 36.4 Å². The van der Waals surface area contributed by atoms with Crippen LogP contribution in [0.25, 0.3) is 0 Å². The van der Waals surface area contributed by atoms with Gasteiger partial charge >= 0.3 is 0 Å². The summed E-state index contributed by atoms with van der Waals surface area (Å²) >= 11 is 5.89. The van der Waals surface area contributed by atoms with E-state index < -0.39 is 11.7 Å². The van der Waals surface area contributed by atoms with E-state index in [1.54, 1.807) is 0 Å². The number of rotatable bonds is 4. The molecule has 2 aromatic carbocycles. The van der Waals surface area contributed by atoms with Gasteiger partial charge in [-0.1, -0.05) is 29.8 Å². The molecule has 0 saturated heterocycles. The zero-order chi connectivity index (χ0) is 17.9. The van der Waals surface area contributed by atoms with Gasteiger partial charge in [-0.05, 0) is 43.2 Å². The molecule has 0 aromatic heterocycles. The fraction of sp³-hybridized carbons (Fsp3) is 0.222. The molecular formula is C18H18ClFN2O2. The van der Waals surface area contributed by atoms with Crippen LogP contribution in [0.1, 0.15) is 21.5 Å². The Balaban J connectivity index is 2.07. The lowest BCUT2D eigenvalue weighted by Crippen LogP contribution is -2.35. The summed E-state index contributed by atoms with van der Waals surface area (Å²) in [5.74, 6) is -1.29. The third-order valence-corrected chi connectivity index (χ3v) is 3.95. The van der Waals surface area contributed by atoms with E-state index in [2.05, 4.69) is 5.32 Å². The largest absolute Gasteiger partial charge is 0.332 e. The summed E-state index contributed by atoms with van der Waals surface area (Å²) in [6.45, 7) is 3.66. The number of para-hydroxylation sites is 1. The van der Waals surface area contributed by atoms with Crippen LogP contribution >= 0.6 is 11.6 Å². The molecule has 0 aliphatic heterocycles. The van der Waals surface area contributed by atoms with Crippen LogP contribution < -0.4 is 5.32 Å². The molecule has 24 heavy (non-hydrogen) atoms. The molecule has 126 valence electrons. The van der Waals surface area contributed by atoms with Gasteiger partial charge in [0, 0.05) is 12.7 Å². The third-order valence-electron chi connectivity index (χ3n) is 3.63. The lowest BCUT2D eigenvalue weighted by atomic mass is 10.1. The lowest BCUT2D eigenvalue weighted by molar-refractivity contribution is -0.116. The Kier molecular flexibility index (Phi) is 5.57. The number of anilines is 1. The summed E-state index contributed by atoms with van der Waals surface area (Å²) < 4.78 is 13.1. The van der Waals surface area contributed by atoms with E-state index >= 15 is 0 Å². The van der Waals surface area contributed by atoms with Crippen LogP contribution in [-0.4, -0.2) is 30.3 Å². The molecule has 0 unspecified atom stereocenters. The smallest absolute Gasteiger partial charge is 0.255 e. The molecule has 4 nitrogen and oxygen atoms in total. The predicted molar refractivity (Wildman–Crippen MR) is 92.9 cm³/mol. The summed E-state index contributed by atoms with van der Waals surface area (Å²) in [6, 6.07) is 9.24. The highest BCUT2D eigenvalue weighted by Gasteiger charge is 2.18. The number of aryl methyl sites for hydroxylation is 2. The number of carbonyl (C=O) groups is 2. The first-order valence-electron chi connectivity index (χ1n) is 7.36. The van der Waals surface area contributed by atoms with E-state index in [9.17, 15) is 14.0 Å². The molecule has 0 heterocycles. The molecule has 0 atom stereocenters. The van der Waals surface area contributed by atoms with Crippen molar-refractivity contribution in [3.63, 3.8) is 0 Å². The second-order valence-electron chi connectivity index (χ2n) is 5.60. The maximum absolute atomic E-state index is 13.1. The minimum absolute atomic E-state index is 0.0157. The number of halogens is 2. The fourth-order valence-corrected chi connectivity index (χ4v) is 2.59. The first kappa shape index (κ1) is 17.9. The normalized spacial score (nSPS) is 10.4. The van der Waals surface area contributed by atoms with Crippen molar-refractivity contribution >= 4 is 29.1 Å². The maximum atomic E-state index is 13.1. The van der Waals surface area contributed by atoms with Crippen LogP contribution in [-0.2, 0) is 4.79 Å². The van der Waals surface area contributed by atoms with Crippen molar-refractivity contribution in [1.82, 2.24) is 4.90 Å². The zero-order valence-electron chi connectivity index (χ0n) is 13.7. The number of carbonyl (C=O) groups excluding carboxylic acids is 2. The summed E-state index contributed by atoms with van der Waals surface area (Å²) in [5, 5.41) is 2.83. The molecule has 2 rings (SSSR count). The van der Waals surface area contributed by atoms with Crippen molar-refractivity contribution in [3.8, 4) is 0 Å². The van der Waals surface area contributed by atoms with Crippen molar-refractivity contribution in [2.24, 2.45) is 0 Å². The van der Waals surface area contributed by atoms with Gasteiger partial charge in [-0.3, -0.25) is 9.59 Å². The number of nitrogens with one attached hydrogen (secondary N) is 1. The molecule has 0 aliphatic rings. The Labute approximate surface area is 145 Å². The predicted octanol–water partition coefficient (Wildman–Crippen LogP) is 3.81. The van der Waals surface area contributed by atoms with Crippen LogP contribution in [0.3, 0.4) is 0 Å². The SMILES string of the molecule is Cc1cccc(C)c1NC(=O)CN(C)C(=O)c1ccc(F)cc1Cl. The first-order chi connectivity index (χ1) is 11.3. The Hall–Kier alpha value is -2.40. The van der Waals surface area contributed by atoms with Crippen LogP contribution in [0, 0.1) is 19.7 Å². The van der Waals surface area contributed by atoms with Crippen LogP contribution in [0.5, 0.6) is 0 Å². The lowest BCUT2D eigenvalue weighted by Gasteiger charge is -2.18. The second kappa shape index (κ2) is 7.45. The summed E-state index contributed by atoms with van der Waals surface area (Å²) in [4.78, 5) is 25.8. The number of likely N-dealkylation sites (N-methyl/N-ethyl adjacent to an activating group) is 1. The first-order valence-corrected chi connectivity index (χ1v) is 7.74. The molecule has 0 fully saturated rings. The van der Waals surface area contributed by atoms with Gasteiger partial charge in [-0.15, -0.1) is 0 Å². The number of hydrogen-bond acceptors (Lipinski definition) is 2. The maximum Gasteiger partial charge on any atom is 0.255 e. The van der Waals surface area contributed by atoms with Gasteiger partial charge in [-0.2, -0.15) is 0 Å². The molecule has 2 aromatic rings. The van der Waals surface area contributed by atoms with E-state index in [-0.39, 0.29) is 23.0 Å². The van der Waals surface area contributed by atoms with E-state index in [1.165, 1.54) is 18.0 Å². The Morgan fingerprint density at radius 2 is 1.79 bits per heavy atom. The molecule has 6 heteroatoms. The second-order valence-corrected chi connectivity index (χ2v) is 6.01. The topological polar surface area (TPSA) is 49.4 Å². The molecule has 1 N–H and O–H groups in total. The Morgan fingerprint density at radius 1 is 1.17 bits per heavy atom. The van der Waals surface area contributed by atoms with Gasteiger partial charge in [0.15, 0.2) is 0 Å². The monoisotopic (exact) mass is 348 g/mol. The highest BCUT2D eigenvalue weighted by Crippen LogP contribution is 2.20. The molecule has 0 spiro atoms. The van der Waals surface area contributed by atoms with Gasteiger partial charge in [-0.25, -0.2) is 4.39 Å². The third kappa shape index (κ3) is 4.11. The fourth-order valence-electron chi connectivity index (χ4n) is 2.35. The van der Waals surface area contributed by atoms with Crippen molar-refractivity contribution in [1.29, 1.82) is 0 Å². The van der Waals surface area contributed by atoms with E-state index in [0.29, 0.717) is 0 Å². The quantitative estimate of drug-likeness (QED) is 0.913. The molecule has 0 aliphatic carbocycles. The molecule has 0 saturated carbocycles. The standard InChI is InChI=1S/C18H18ClFN2O2/c1-11-5-4-6-12(2)17(11)21-16(23)10-22(3)18(24)14-8-7-13(20)9-15(14)19/h4-9H,10H2,1-3H3,(H,21,23). The molecule has 0 radical (unpaired) electrons. The van der Waals surface area contributed by atoms with Crippen molar-refractivity contribution in [3.05, 3.63) is 63.9 Å². The van der Waals surface area contributed by atoms with Crippen LogP contribution in [0.4, 0.5) is 10.1 Å². The number of amides is 2. The average molecular weight is 349 g/mol. The van der Waals surface area contributed by atoms with Crippen molar-refractivity contribution in [2.75, 3.05) is 18.9 Å². The molecular weight excluding hydrogens is 331 g/mol. The Bertz CT molecular complexity index is 772. The number of hydrogen-bond donors (Lipinski definition) is 1. The van der Waals surface area contributed by atoms with Gasteiger partial charge in [0.05, 0.1) is 17.1 Å². The van der Waals surface area contributed by atoms with E-state index in [1.807, 2.05) is 32.0 Å². The molecule has 0 bridgehead atoms. The summed E-state index contributed by atoms with van der Waals surface area (Å²) in [5.41, 5.74) is 2.78. The zero-order valence-corrected chi connectivity index (χ0v) is 14.4. The van der Waals surface area contributed by atoms with Gasteiger partial charge < -0.3 is 10.2 Å². The van der Waals surface area contributed by atoms with E-state index in [0.717, 1.165) is 28.9 Å². The minimum Gasteiger partial charge on any atom is -0.332 e. The van der Waals surface area contributed by atoms with Crippen molar-refractivity contribution in [2.45, 2.75) is 13.8 Å². The Morgan fingerprint density at radius 3 is 2.38 bits per heavy atom. The summed E-state index contributed by atoms with van der Waals surface area (Å²) in [6.07, 6.45) is 0. The minimum atomic E-state index is -0.521. The van der Waals surface area contributed by atoms with Gasteiger partial charge in [0.2, 0.25) is 5.91 Å². The number of nitrogens with zero attached hydrogens (tertiary/aromatic N) is 1. The van der Waals surface area contributed by atoms with Gasteiger partial charge in [0.25, 0.3) is 5.91 Å². The van der Waals surface area contributed by atoms with Crippen LogP contribution in [0.2, 0.25) is 5.02 Å². The molecule has 2 amide bonds. The number of benzene rings is 2. The average Bonchev–Trinajstić information content (AvgIpc) is 2.50. The van der Waals surface area contributed by atoms with E-state index in [4.69, 9.17) is 11.6 Å². The highest BCUT2D eigenvalue weighted by atomic mass is 35.5. The van der Waals surface area contributed by atoms with Gasteiger partial charge in [0.1, 0.15) is 5.82 Å².